The molecule has 0 radical (unpaired) electrons. The quantitative estimate of drug-likeness (QED) is 0.801. The summed E-state index contributed by atoms with van der Waals surface area (Å²) < 4.78 is 5.30. The number of hydrogen-bond donors (Lipinski definition) is 1. The number of hydrazine groups is 1. The van der Waals surface area contributed by atoms with E-state index in [1.807, 2.05) is 21.0 Å². The molecule has 0 heterocycles. The molecule has 0 aliphatic rings. The van der Waals surface area contributed by atoms with Gasteiger partial charge in [-0.15, -0.1) is 0 Å². The summed E-state index contributed by atoms with van der Waals surface area (Å²) in [4.78, 5) is 11.5. The normalized spacial score (nSPS) is 10.6. The maximum absolute atomic E-state index is 11.5. The monoisotopic (exact) mass is 264 g/mol. The van der Waals surface area contributed by atoms with E-state index in [0.717, 1.165) is 24.2 Å². The van der Waals surface area contributed by atoms with Crippen LogP contribution in [0.3, 0.4) is 0 Å². The standard InChI is InChI=1S/C15H24N2O2/c1-11-10-14(19-5)12(2)9-13(11)7-6-8-15(18)16-17(3)4/h9-10H,6-8H2,1-5H3,(H,16,18). The van der Waals surface area contributed by atoms with Crippen molar-refractivity contribution in [1.29, 1.82) is 0 Å². The zero-order valence-electron chi connectivity index (χ0n) is 12.5. The lowest BCUT2D eigenvalue weighted by molar-refractivity contribution is -0.124. The molecule has 0 aliphatic heterocycles. The third-order valence-corrected chi connectivity index (χ3v) is 3.05. The molecule has 0 saturated heterocycles. The van der Waals surface area contributed by atoms with E-state index in [1.165, 1.54) is 11.1 Å². The van der Waals surface area contributed by atoms with Crippen LogP contribution >= 0.6 is 0 Å². The second-order valence-electron chi connectivity index (χ2n) is 5.03. The summed E-state index contributed by atoms with van der Waals surface area (Å²) in [6.45, 7) is 4.12. The van der Waals surface area contributed by atoms with Crippen molar-refractivity contribution in [3.05, 3.63) is 28.8 Å². The van der Waals surface area contributed by atoms with Crippen molar-refractivity contribution in [3.63, 3.8) is 0 Å². The van der Waals surface area contributed by atoms with Gasteiger partial charge in [0, 0.05) is 20.5 Å². The Labute approximate surface area is 115 Å². The first kappa shape index (κ1) is 15.5. The van der Waals surface area contributed by atoms with Crippen molar-refractivity contribution in [2.24, 2.45) is 0 Å². The van der Waals surface area contributed by atoms with Gasteiger partial charge in [-0.2, -0.15) is 0 Å². The fraction of sp³-hybridized carbons (Fsp3) is 0.533. The summed E-state index contributed by atoms with van der Waals surface area (Å²) in [7, 11) is 5.32. The molecule has 0 aromatic heterocycles. The number of ether oxygens (including phenoxy) is 1. The molecule has 1 aromatic carbocycles. The van der Waals surface area contributed by atoms with Crippen molar-refractivity contribution in [1.82, 2.24) is 10.4 Å². The van der Waals surface area contributed by atoms with Crippen LogP contribution in [0.4, 0.5) is 0 Å². The Hall–Kier alpha value is -1.55. The molecule has 0 saturated carbocycles. The molecule has 1 rings (SSSR count). The molecule has 0 fully saturated rings. The highest BCUT2D eigenvalue weighted by molar-refractivity contribution is 5.75. The molecule has 106 valence electrons. The van der Waals surface area contributed by atoms with Crippen LogP contribution in [0.5, 0.6) is 5.75 Å². The fourth-order valence-corrected chi connectivity index (χ4v) is 2.08. The van der Waals surface area contributed by atoms with E-state index < -0.39 is 0 Å². The summed E-state index contributed by atoms with van der Waals surface area (Å²) in [5.74, 6) is 0.986. The van der Waals surface area contributed by atoms with E-state index in [1.54, 1.807) is 12.1 Å². The first-order chi connectivity index (χ1) is 8.93. The van der Waals surface area contributed by atoms with Crippen molar-refractivity contribution in [2.45, 2.75) is 33.1 Å². The number of hydrogen-bond acceptors (Lipinski definition) is 3. The highest BCUT2D eigenvalue weighted by atomic mass is 16.5. The SMILES string of the molecule is COc1cc(C)c(CCCC(=O)NN(C)C)cc1C. The minimum absolute atomic E-state index is 0.0629. The summed E-state index contributed by atoms with van der Waals surface area (Å²) >= 11 is 0. The van der Waals surface area contributed by atoms with E-state index in [4.69, 9.17) is 4.74 Å². The maximum Gasteiger partial charge on any atom is 0.234 e. The van der Waals surface area contributed by atoms with Crippen LogP contribution in [0.25, 0.3) is 0 Å². The number of carbonyl (C=O) groups is 1. The van der Waals surface area contributed by atoms with E-state index >= 15 is 0 Å². The Morgan fingerprint density at radius 1 is 1.26 bits per heavy atom. The number of amides is 1. The van der Waals surface area contributed by atoms with Crippen LogP contribution in [0.2, 0.25) is 0 Å². The number of nitrogens with one attached hydrogen (secondary N) is 1. The minimum atomic E-state index is 0.0629. The zero-order chi connectivity index (χ0) is 14.4. The summed E-state index contributed by atoms with van der Waals surface area (Å²) in [5.41, 5.74) is 6.39. The lowest BCUT2D eigenvalue weighted by Gasteiger charge is -2.13. The van der Waals surface area contributed by atoms with Crippen molar-refractivity contribution in [3.8, 4) is 5.75 Å². The lowest BCUT2D eigenvalue weighted by Crippen LogP contribution is -2.35. The number of carbonyl (C=O) groups excluding carboxylic acids is 1. The maximum atomic E-state index is 11.5. The molecule has 19 heavy (non-hydrogen) atoms. The lowest BCUT2D eigenvalue weighted by atomic mass is 9.99. The van der Waals surface area contributed by atoms with Crippen LogP contribution in [0.1, 0.15) is 29.5 Å². The highest BCUT2D eigenvalue weighted by Crippen LogP contribution is 2.23. The first-order valence-electron chi connectivity index (χ1n) is 6.55. The zero-order valence-corrected chi connectivity index (χ0v) is 12.5. The molecule has 4 nitrogen and oxygen atoms in total. The molecular weight excluding hydrogens is 240 g/mol. The van der Waals surface area contributed by atoms with Gasteiger partial charge in [0.15, 0.2) is 0 Å². The molecule has 0 atom stereocenters. The Balaban J connectivity index is 2.54. The molecule has 1 amide bonds. The topological polar surface area (TPSA) is 41.6 Å². The van der Waals surface area contributed by atoms with Crippen LogP contribution in [-0.2, 0) is 11.2 Å². The van der Waals surface area contributed by atoms with Crippen molar-refractivity contribution < 1.29 is 9.53 Å². The van der Waals surface area contributed by atoms with Crippen LogP contribution in [0, 0.1) is 13.8 Å². The number of benzene rings is 1. The molecule has 0 bridgehead atoms. The Morgan fingerprint density at radius 2 is 1.95 bits per heavy atom. The van der Waals surface area contributed by atoms with Crippen molar-refractivity contribution in [2.75, 3.05) is 21.2 Å². The van der Waals surface area contributed by atoms with Gasteiger partial charge in [-0.05, 0) is 49.4 Å². The average Bonchev–Trinajstić information content (AvgIpc) is 2.32. The van der Waals surface area contributed by atoms with Crippen LogP contribution in [0.15, 0.2) is 12.1 Å². The smallest absolute Gasteiger partial charge is 0.234 e. The van der Waals surface area contributed by atoms with E-state index in [-0.39, 0.29) is 5.91 Å². The second kappa shape index (κ2) is 7.14. The largest absolute Gasteiger partial charge is 0.496 e. The molecule has 4 heteroatoms. The number of nitrogens with zero attached hydrogens (tertiary/aromatic N) is 1. The van der Waals surface area contributed by atoms with Gasteiger partial charge >= 0.3 is 0 Å². The Morgan fingerprint density at radius 3 is 2.53 bits per heavy atom. The van der Waals surface area contributed by atoms with Gasteiger partial charge in [0.2, 0.25) is 5.91 Å². The van der Waals surface area contributed by atoms with Gasteiger partial charge in [-0.25, -0.2) is 5.01 Å². The average molecular weight is 264 g/mol. The van der Waals surface area contributed by atoms with E-state index in [0.29, 0.717) is 6.42 Å². The van der Waals surface area contributed by atoms with Gasteiger partial charge < -0.3 is 4.74 Å². The second-order valence-corrected chi connectivity index (χ2v) is 5.03. The van der Waals surface area contributed by atoms with Gasteiger partial charge in [-0.3, -0.25) is 10.2 Å². The van der Waals surface area contributed by atoms with Gasteiger partial charge in [0.1, 0.15) is 5.75 Å². The van der Waals surface area contributed by atoms with Crippen LogP contribution < -0.4 is 10.2 Å². The summed E-state index contributed by atoms with van der Waals surface area (Å²) in [6.07, 6.45) is 2.31. The molecule has 0 aliphatic carbocycles. The van der Waals surface area contributed by atoms with Gasteiger partial charge in [0.05, 0.1) is 7.11 Å². The van der Waals surface area contributed by atoms with Gasteiger partial charge in [0.25, 0.3) is 0 Å². The fourth-order valence-electron chi connectivity index (χ4n) is 2.08. The number of aryl methyl sites for hydroxylation is 3. The summed E-state index contributed by atoms with van der Waals surface area (Å²) in [6, 6.07) is 4.21. The van der Waals surface area contributed by atoms with Crippen LogP contribution in [-0.4, -0.2) is 32.1 Å². The Kier molecular flexibility index (Phi) is 5.83. The highest BCUT2D eigenvalue weighted by Gasteiger charge is 2.07. The molecular formula is C15H24N2O2. The first-order valence-corrected chi connectivity index (χ1v) is 6.55. The third-order valence-electron chi connectivity index (χ3n) is 3.05. The Bertz CT molecular complexity index is 442. The summed E-state index contributed by atoms with van der Waals surface area (Å²) in [5, 5.41) is 1.67. The number of methoxy groups -OCH3 is 1. The van der Waals surface area contributed by atoms with E-state index in [2.05, 4.69) is 24.5 Å². The minimum Gasteiger partial charge on any atom is -0.496 e. The van der Waals surface area contributed by atoms with Crippen molar-refractivity contribution >= 4 is 5.91 Å². The molecule has 0 unspecified atom stereocenters. The molecule has 1 aromatic rings. The third kappa shape index (κ3) is 4.91. The van der Waals surface area contributed by atoms with E-state index in [9.17, 15) is 4.79 Å². The molecule has 0 spiro atoms. The number of rotatable bonds is 6. The molecule has 1 N–H and O–H groups in total. The predicted molar refractivity (Wildman–Crippen MR) is 77.2 cm³/mol. The predicted octanol–water partition coefficient (Wildman–Crippen LogP) is 2.23. The van der Waals surface area contributed by atoms with Gasteiger partial charge in [-0.1, -0.05) is 6.07 Å².